The molecular formula is C14H22N2O2. The van der Waals surface area contributed by atoms with E-state index in [1.54, 1.807) is 0 Å². The van der Waals surface area contributed by atoms with Gasteiger partial charge in [0.15, 0.2) is 0 Å². The Kier molecular flexibility index (Phi) is 5.31. The van der Waals surface area contributed by atoms with Gasteiger partial charge >= 0.3 is 0 Å². The molecule has 4 nitrogen and oxygen atoms in total. The number of aliphatic hydroxyl groups is 1. The van der Waals surface area contributed by atoms with Crippen LogP contribution in [0.15, 0.2) is 24.3 Å². The van der Waals surface area contributed by atoms with Crippen molar-refractivity contribution in [2.24, 2.45) is 0 Å². The standard InChI is InChI=1S/C14H22N2O2/c1-4-16-14(2,3)13(18)15-9-11-6-5-7-12(8-11)10-17/h5-8,16-17H,4,9-10H2,1-3H3,(H,15,18). The van der Waals surface area contributed by atoms with E-state index in [4.69, 9.17) is 5.11 Å². The van der Waals surface area contributed by atoms with Crippen molar-refractivity contribution in [1.29, 1.82) is 0 Å². The zero-order valence-corrected chi connectivity index (χ0v) is 11.3. The Labute approximate surface area is 108 Å². The number of aliphatic hydroxyl groups excluding tert-OH is 1. The van der Waals surface area contributed by atoms with Crippen molar-refractivity contribution in [2.45, 2.75) is 39.5 Å². The van der Waals surface area contributed by atoms with Gasteiger partial charge in [0.05, 0.1) is 12.1 Å². The Morgan fingerprint density at radius 1 is 1.33 bits per heavy atom. The van der Waals surface area contributed by atoms with Crippen LogP contribution >= 0.6 is 0 Å². The normalized spacial score (nSPS) is 11.3. The number of rotatable bonds is 6. The lowest BCUT2D eigenvalue weighted by atomic mass is 10.0. The molecule has 1 aromatic carbocycles. The van der Waals surface area contributed by atoms with E-state index in [0.717, 1.165) is 17.7 Å². The molecule has 0 spiro atoms. The molecule has 1 rings (SSSR count). The van der Waals surface area contributed by atoms with Gasteiger partial charge in [-0.2, -0.15) is 0 Å². The van der Waals surface area contributed by atoms with Crippen LogP contribution in [0.1, 0.15) is 31.9 Å². The van der Waals surface area contributed by atoms with E-state index in [9.17, 15) is 4.79 Å². The molecule has 0 aliphatic rings. The van der Waals surface area contributed by atoms with Gasteiger partial charge in [-0.3, -0.25) is 4.79 Å². The Morgan fingerprint density at radius 2 is 2.00 bits per heavy atom. The van der Waals surface area contributed by atoms with Gasteiger partial charge in [-0.25, -0.2) is 0 Å². The Balaban J connectivity index is 2.56. The molecule has 0 heterocycles. The van der Waals surface area contributed by atoms with Crippen LogP contribution in [0.2, 0.25) is 0 Å². The van der Waals surface area contributed by atoms with E-state index in [1.165, 1.54) is 0 Å². The summed E-state index contributed by atoms with van der Waals surface area (Å²) in [6, 6.07) is 7.55. The highest BCUT2D eigenvalue weighted by Gasteiger charge is 2.25. The molecule has 0 aliphatic carbocycles. The summed E-state index contributed by atoms with van der Waals surface area (Å²) < 4.78 is 0. The first-order valence-electron chi connectivity index (χ1n) is 6.21. The maximum absolute atomic E-state index is 12.0. The van der Waals surface area contributed by atoms with Crippen LogP contribution in [-0.4, -0.2) is 23.1 Å². The van der Waals surface area contributed by atoms with Gasteiger partial charge in [0, 0.05) is 6.54 Å². The van der Waals surface area contributed by atoms with Crippen molar-refractivity contribution in [1.82, 2.24) is 10.6 Å². The van der Waals surface area contributed by atoms with E-state index in [-0.39, 0.29) is 12.5 Å². The molecule has 4 heteroatoms. The van der Waals surface area contributed by atoms with Crippen LogP contribution in [0.3, 0.4) is 0 Å². The number of nitrogens with one attached hydrogen (secondary N) is 2. The minimum absolute atomic E-state index is 0.0185. The second-order valence-corrected chi connectivity index (χ2v) is 4.82. The highest BCUT2D eigenvalue weighted by atomic mass is 16.3. The molecule has 0 aromatic heterocycles. The summed E-state index contributed by atoms with van der Waals surface area (Å²) in [7, 11) is 0. The molecule has 0 radical (unpaired) electrons. The van der Waals surface area contributed by atoms with E-state index < -0.39 is 5.54 Å². The zero-order valence-electron chi connectivity index (χ0n) is 11.3. The number of benzene rings is 1. The molecule has 0 bridgehead atoms. The summed E-state index contributed by atoms with van der Waals surface area (Å²) in [5.41, 5.74) is 1.28. The molecule has 0 saturated carbocycles. The quantitative estimate of drug-likeness (QED) is 0.710. The molecule has 0 unspecified atom stereocenters. The van der Waals surface area contributed by atoms with E-state index in [1.807, 2.05) is 45.0 Å². The first kappa shape index (κ1) is 14.7. The highest BCUT2D eigenvalue weighted by Crippen LogP contribution is 2.06. The minimum atomic E-state index is -0.566. The van der Waals surface area contributed by atoms with Crippen LogP contribution in [0.5, 0.6) is 0 Å². The van der Waals surface area contributed by atoms with Crippen LogP contribution in [0, 0.1) is 0 Å². The Morgan fingerprint density at radius 3 is 2.61 bits per heavy atom. The molecule has 18 heavy (non-hydrogen) atoms. The molecule has 1 amide bonds. The van der Waals surface area contributed by atoms with Crippen molar-refractivity contribution in [3.8, 4) is 0 Å². The predicted octanol–water partition coefficient (Wildman–Crippen LogP) is 1.18. The number of amides is 1. The molecule has 0 fully saturated rings. The lowest BCUT2D eigenvalue weighted by Crippen LogP contribution is -2.52. The lowest BCUT2D eigenvalue weighted by Gasteiger charge is -2.24. The average Bonchev–Trinajstić information content (AvgIpc) is 2.36. The van der Waals surface area contributed by atoms with Crippen LogP contribution in [0.4, 0.5) is 0 Å². The Bertz CT molecular complexity index is 403. The van der Waals surface area contributed by atoms with E-state index >= 15 is 0 Å². The van der Waals surface area contributed by atoms with Crippen LogP contribution in [-0.2, 0) is 17.9 Å². The summed E-state index contributed by atoms with van der Waals surface area (Å²) in [5, 5.41) is 15.1. The summed E-state index contributed by atoms with van der Waals surface area (Å²) in [6.07, 6.45) is 0. The molecule has 100 valence electrons. The molecule has 0 atom stereocenters. The fraction of sp³-hybridized carbons (Fsp3) is 0.500. The van der Waals surface area contributed by atoms with Gasteiger partial charge in [0.1, 0.15) is 0 Å². The number of likely N-dealkylation sites (N-methyl/N-ethyl adjacent to an activating group) is 1. The number of carbonyl (C=O) groups is 1. The third-order valence-electron chi connectivity index (χ3n) is 2.81. The maximum atomic E-state index is 12.0. The first-order valence-corrected chi connectivity index (χ1v) is 6.21. The molecule has 0 saturated heterocycles. The molecule has 0 aliphatic heterocycles. The number of carbonyl (C=O) groups excluding carboxylic acids is 1. The monoisotopic (exact) mass is 250 g/mol. The fourth-order valence-electron chi connectivity index (χ4n) is 1.76. The maximum Gasteiger partial charge on any atom is 0.239 e. The largest absolute Gasteiger partial charge is 0.392 e. The van der Waals surface area contributed by atoms with Crippen molar-refractivity contribution >= 4 is 5.91 Å². The highest BCUT2D eigenvalue weighted by molar-refractivity contribution is 5.85. The van der Waals surface area contributed by atoms with Gasteiger partial charge in [-0.15, -0.1) is 0 Å². The SMILES string of the molecule is CCNC(C)(C)C(=O)NCc1cccc(CO)c1. The van der Waals surface area contributed by atoms with E-state index in [2.05, 4.69) is 10.6 Å². The van der Waals surface area contributed by atoms with Gasteiger partial charge in [0.25, 0.3) is 0 Å². The third kappa shape index (κ3) is 4.13. The minimum Gasteiger partial charge on any atom is -0.392 e. The van der Waals surface area contributed by atoms with Gasteiger partial charge < -0.3 is 15.7 Å². The van der Waals surface area contributed by atoms with Gasteiger partial charge in [-0.05, 0) is 31.5 Å². The van der Waals surface area contributed by atoms with Crippen molar-refractivity contribution in [2.75, 3.05) is 6.54 Å². The van der Waals surface area contributed by atoms with E-state index in [0.29, 0.717) is 6.54 Å². The summed E-state index contributed by atoms with van der Waals surface area (Å²) in [5.74, 6) is -0.0289. The summed E-state index contributed by atoms with van der Waals surface area (Å²) in [6.45, 7) is 6.93. The van der Waals surface area contributed by atoms with Crippen molar-refractivity contribution in [3.63, 3.8) is 0 Å². The molecule has 3 N–H and O–H groups in total. The topological polar surface area (TPSA) is 61.4 Å². The fourth-order valence-corrected chi connectivity index (χ4v) is 1.76. The second-order valence-electron chi connectivity index (χ2n) is 4.82. The van der Waals surface area contributed by atoms with Crippen molar-refractivity contribution in [3.05, 3.63) is 35.4 Å². The average molecular weight is 250 g/mol. The summed E-state index contributed by atoms with van der Waals surface area (Å²) >= 11 is 0. The number of hydrogen-bond acceptors (Lipinski definition) is 3. The van der Waals surface area contributed by atoms with Crippen LogP contribution < -0.4 is 10.6 Å². The van der Waals surface area contributed by atoms with Gasteiger partial charge in [0.2, 0.25) is 5.91 Å². The Hall–Kier alpha value is -1.39. The van der Waals surface area contributed by atoms with Crippen molar-refractivity contribution < 1.29 is 9.90 Å². The van der Waals surface area contributed by atoms with Gasteiger partial charge in [-0.1, -0.05) is 31.2 Å². The predicted molar refractivity (Wildman–Crippen MR) is 72.0 cm³/mol. The third-order valence-corrected chi connectivity index (χ3v) is 2.81. The first-order chi connectivity index (χ1) is 8.49. The second kappa shape index (κ2) is 6.52. The lowest BCUT2D eigenvalue weighted by molar-refractivity contribution is -0.126. The molecule has 1 aromatic rings. The molecular weight excluding hydrogens is 228 g/mol. The smallest absolute Gasteiger partial charge is 0.239 e. The summed E-state index contributed by atoms with van der Waals surface area (Å²) in [4.78, 5) is 12.0. The van der Waals surface area contributed by atoms with Crippen LogP contribution in [0.25, 0.3) is 0 Å². The zero-order chi connectivity index (χ0) is 13.6. The number of hydrogen-bond donors (Lipinski definition) is 3.